The lowest BCUT2D eigenvalue weighted by atomic mass is 10.2. The normalized spacial score (nSPS) is 11.2. The van der Waals surface area contributed by atoms with Gasteiger partial charge in [0.05, 0.1) is 12.6 Å². The van der Waals surface area contributed by atoms with Crippen LogP contribution in [0.5, 0.6) is 0 Å². The lowest BCUT2D eigenvalue weighted by Gasteiger charge is -2.08. The van der Waals surface area contributed by atoms with Crippen molar-refractivity contribution in [3.63, 3.8) is 0 Å². The van der Waals surface area contributed by atoms with Gasteiger partial charge in [0.15, 0.2) is 0 Å². The molecule has 0 atom stereocenters. The first kappa shape index (κ1) is 13.7. The van der Waals surface area contributed by atoms with Crippen LogP contribution in [0.2, 0.25) is 0 Å². The van der Waals surface area contributed by atoms with Crippen LogP contribution in [0.1, 0.15) is 10.4 Å². The summed E-state index contributed by atoms with van der Waals surface area (Å²) in [5.41, 5.74) is 5.14. The SMILES string of the molecule is Cn1nnc(NS(=O)(=O)c2ccc(N)cc2C(=O)O)n1. The van der Waals surface area contributed by atoms with Crippen molar-refractivity contribution >= 4 is 27.6 Å². The lowest BCUT2D eigenvalue weighted by Crippen LogP contribution is -2.18. The summed E-state index contributed by atoms with van der Waals surface area (Å²) < 4.78 is 26.3. The summed E-state index contributed by atoms with van der Waals surface area (Å²) >= 11 is 0. The zero-order valence-electron chi connectivity index (χ0n) is 10.2. The first-order chi connectivity index (χ1) is 9.29. The number of carboxylic acids is 1. The molecule has 1 aromatic heterocycles. The third-order valence-corrected chi connectivity index (χ3v) is 3.64. The minimum absolute atomic E-state index is 0.138. The highest BCUT2D eigenvalue weighted by atomic mass is 32.2. The topological polar surface area (TPSA) is 153 Å². The second-order valence-electron chi connectivity index (χ2n) is 3.77. The van der Waals surface area contributed by atoms with Crippen LogP contribution in [0.25, 0.3) is 0 Å². The lowest BCUT2D eigenvalue weighted by molar-refractivity contribution is 0.0692. The number of anilines is 2. The van der Waals surface area contributed by atoms with E-state index in [0.717, 1.165) is 16.9 Å². The van der Waals surface area contributed by atoms with E-state index < -0.39 is 26.5 Å². The van der Waals surface area contributed by atoms with Gasteiger partial charge in [0.1, 0.15) is 4.90 Å². The number of nitrogens with one attached hydrogen (secondary N) is 1. The van der Waals surface area contributed by atoms with Gasteiger partial charge in [0, 0.05) is 5.69 Å². The maximum atomic E-state index is 12.1. The maximum absolute atomic E-state index is 12.1. The summed E-state index contributed by atoms with van der Waals surface area (Å²) in [6.45, 7) is 0. The molecule has 0 saturated carbocycles. The Labute approximate surface area is 113 Å². The molecule has 11 heteroatoms. The van der Waals surface area contributed by atoms with Crippen molar-refractivity contribution in [1.82, 2.24) is 20.2 Å². The number of nitrogens with zero attached hydrogens (tertiary/aromatic N) is 4. The molecule has 10 nitrogen and oxygen atoms in total. The molecule has 0 saturated heterocycles. The number of carbonyl (C=O) groups is 1. The molecule has 1 heterocycles. The number of carboxylic acid groups (broad SMARTS) is 1. The Kier molecular flexibility index (Phi) is 3.28. The average Bonchev–Trinajstić information content (AvgIpc) is 2.73. The summed E-state index contributed by atoms with van der Waals surface area (Å²) in [5, 5.41) is 19.6. The van der Waals surface area contributed by atoms with Crippen molar-refractivity contribution in [3.05, 3.63) is 23.8 Å². The number of aryl methyl sites for hydroxylation is 1. The van der Waals surface area contributed by atoms with Crippen molar-refractivity contribution in [3.8, 4) is 0 Å². The highest BCUT2D eigenvalue weighted by molar-refractivity contribution is 7.92. The van der Waals surface area contributed by atoms with Crippen LogP contribution >= 0.6 is 0 Å². The standard InChI is InChI=1S/C9H10N6O4S/c1-15-12-9(11-14-15)13-20(18,19)7-3-2-5(10)4-6(7)8(16)17/h2-4H,10H2,1H3,(H,12,13)(H,16,17). The van der Waals surface area contributed by atoms with Gasteiger partial charge in [-0.2, -0.15) is 4.80 Å². The number of hydrogen-bond donors (Lipinski definition) is 3. The number of sulfonamides is 1. The smallest absolute Gasteiger partial charge is 0.337 e. The first-order valence-electron chi connectivity index (χ1n) is 5.19. The number of nitrogens with two attached hydrogens (primary N) is 1. The fourth-order valence-corrected chi connectivity index (χ4v) is 2.56. The largest absolute Gasteiger partial charge is 0.478 e. The Bertz CT molecular complexity index is 768. The molecule has 0 aliphatic rings. The van der Waals surface area contributed by atoms with E-state index in [4.69, 9.17) is 10.8 Å². The van der Waals surface area contributed by atoms with Gasteiger partial charge in [-0.15, -0.1) is 5.10 Å². The fraction of sp³-hybridized carbons (Fsp3) is 0.111. The van der Waals surface area contributed by atoms with Crippen LogP contribution in [0, 0.1) is 0 Å². The van der Waals surface area contributed by atoms with Gasteiger partial charge in [0.25, 0.3) is 16.0 Å². The number of hydrogen-bond acceptors (Lipinski definition) is 7. The van der Waals surface area contributed by atoms with Crippen molar-refractivity contribution < 1.29 is 18.3 Å². The van der Waals surface area contributed by atoms with Gasteiger partial charge in [-0.3, -0.25) is 0 Å². The predicted octanol–water partition coefficient (Wildman–Crippen LogP) is -0.709. The van der Waals surface area contributed by atoms with Crippen molar-refractivity contribution in [2.75, 3.05) is 10.5 Å². The molecular formula is C9H10N6O4S. The molecule has 0 bridgehead atoms. The molecule has 2 aromatic rings. The van der Waals surface area contributed by atoms with E-state index in [2.05, 4.69) is 15.4 Å². The number of rotatable bonds is 4. The summed E-state index contributed by atoms with van der Waals surface area (Å²) in [7, 11) is -2.70. The number of tetrazole rings is 1. The van der Waals surface area contributed by atoms with Gasteiger partial charge < -0.3 is 10.8 Å². The summed E-state index contributed by atoms with van der Waals surface area (Å²) in [6, 6.07) is 3.43. The molecule has 4 N–H and O–H groups in total. The molecule has 0 fully saturated rings. The summed E-state index contributed by atoms with van der Waals surface area (Å²) in [6.07, 6.45) is 0. The van der Waals surface area contributed by atoms with E-state index in [1.807, 2.05) is 4.72 Å². The Hall–Kier alpha value is -2.69. The Morgan fingerprint density at radius 1 is 1.45 bits per heavy atom. The predicted molar refractivity (Wildman–Crippen MR) is 67.4 cm³/mol. The Balaban J connectivity index is 2.46. The highest BCUT2D eigenvalue weighted by Crippen LogP contribution is 2.20. The summed E-state index contributed by atoms with van der Waals surface area (Å²) in [4.78, 5) is 11.7. The van der Waals surface area contributed by atoms with Gasteiger partial charge in [-0.1, -0.05) is 5.10 Å². The molecule has 0 unspecified atom stereocenters. The number of aromatic carboxylic acids is 1. The van der Waals surface area contributed by atoms with E-state index in [-0.39, 0.29) is 11.6 Å². The van der Waals surface area contributed by atoms with E-state index in [9.17, 15) is 13.2 Å². The highest BCUT2D eigenvalue weighted by Gasteiger charge is 2.24. The molecule has 0 aliphatic heterocycles. The minimum atomic E-state index is -4.16. The molecule has 106 valence electrons. The van der Waals surface area contributed by atoms with E-state index in [0.29, 0.717) is 0 Å². The molecule has 0 spiro atoms. The second-order valence-corrected chi connectivity index (χ2v) is 5.42. The number of aromatic nitrogens is 4. The molecule has 2 rings (SSSR count). The van der Waals surface area contributed by atoms with Crippen LogP contribution in [0.3, 0.4) is 0 Å². The third kappa shape index (κ3) is 2.66. The van der Waals surface area contributed by atoms with Gasteiger partial charge in [-0.25, -0.2) is 17.9 Å². The second kappa shape index (κ2) is 4.77. The van der Waals surface area contributed by atoms with Gasteiger partial charge >= 0.3 is 5.97 Å². The van der Waals surface area contributed by atoms with E-state index >= 15 is 0 Å². The van der Waals surface area contributed by atoms with Crippen molar-refractivity contribution in [2.45, 2.75) is 4.90 Å². The molecule has 0 aliphatic carbocycles. The summed E-state index contributed by atoms with van der Waals surface area (Å²) in [5.74, 6) is -1.68. The zero-order chi connectivity index (χ0) is 14.9. The quantitative estimate of drug-likeness (QED) is 0.625. The molecule has 20 heavy (non-hydrogen) atoms. The first-order valence-corrected chi connectivity index (χ1v) is 6.67. The molecular weight excluding hydrogens is 288 g/mol. The van der Waals surface area contributed by atoms with E-state index in [1.165, 1.54) is 13.1 Å². The Morgan fingerprint density at radius 2 is 2.15 bits per heavy atom. The fourth-order valence-electron chi connectivity index (χ4n) is 1.45. The van der Waals surface area contributed by atoms with Crippen LogP contribution in [-0.2, 0) is 17.1 Å². The van der Waals surface area contributed by atoms with Crippen molar-refractivity contribution in [1.29, 1.82) is 0 Å². The monoisotopic (exact) mass is 298 g/mol. The van der Waals surface area contributed by atoms with Crippen LogP contribution < -0.4 is 10.5 Å². The third-order valence-electron chi connectivity index (χ3n) is 2.26. The zero-order valence-corrected chi connectivity index (χ0v) is 11.0. The molecule has 1 aromatic carbocycles. The van der Waals surface area contributed by atoms with Gasteiger partial charge in [0.2, 0.25) is 0 Å². The Morgan fingerprint density at radius 3 is 2.70 bits per heavy atom. The van der Waals surface area contributed by atoms with Gasteiger partial charge in [-0.05, 0) is 23.4 Å². The van der Waals surface area contributed by atoms with Crippen LogP contribution in [-0.4, -0.2) is 39.7 Å². The molecule has 0 amide bonds. The maximum Gasteiger partial charge on any atom is 0.337 e. The number of benzene rings is 1. The van der Waals surface area contributed by atoms with Crippen LogP contribution in [0.4, 0.5) is 11.6 Å². The van der Waals surface area contributed by atoms with Crippen LogP contribution in [0.15, 0.2) is 23.1 Å². The minimum Gasteiger partial charge on any atom is -0.478 e. The van der Waals surface area contributed by atoms with E-state index in [1.54, 1.807) is 0 Å². The van der Waals surface area contributed by atoms with Crippen molar-refractivity contribution in [2.24, 2.45) is 7.05 Å². The number of nitrogen functional groups attached to an aromatic ring is 1. The molecule has 0 radical (unpaired) electrons. The average molecular weight is 298 g/mol.